The summed E-state index contributed by atoms with van der Waals surface area (Å²) in [6.07, 6.45) is 1.78. The Morgan fingerprint density at radius 2 is 1.85 bits per heavy atom. The van der Waals surface area contributed by atoms with Gasteiger partial charge in [-0.25, -0.2) is 9.97 Å². The van der Waals surface area contributed by atoms with Gasteiger partial charge in [-0.2, -0.15) is 0 Å². The predicted molar refractivity (Wildman–Crippen MR) is 81.3 cm³/mol. The number of nitrogens with zero attached hydrogens (tertiary/aromatic N) is 3. The Kier molecular flexibility index (Phi) is 3.06. The molecule has 0 bridgehead atoms. The molecule has 0 aliphatic heterocycles. The van der Waals surface area contributed by atoms with Gasteiger partial charge >= 0.3 is 0 Å². The summed E-state index contributed by atoms with van der Waals surface area (Å²) >= 11 is 0. The third-order valence-corrected chi connectivity index (χ3v) is 3.25. The average molecular weight is 264 g/mol. The molecule has 1 aromatic carbocycles. The van der Waals surface area contributed by atoms with Gasteiger partial charge in [-0.15, -0.1) is 0 Å². The van der Waals surface area contributed by atoms with E-state index in [0.29, 0.717) is 17.6 Å². The quantitative estimate of drug-likeness (QED) is 0.770. The molecule has 0 aliphatic carbocycles. The Labute approximate surface area is 117 Å². The molecule has 0 aliphatic rings. The van der Waals surface area contributed by atoms with Gasteiger partial charge in [-0.05, 0) is 18.1 Å². The molecule has 100 valence electrons. The maximum Gasteiger partial charge on any atom is 0.162 e. The van der Waals surface area contributed by atoms with Gasteiger partial charge < -0.3 is 5.73 Å². The van der Waals surface area contributed by atoms with Crippen molar-refractivity contribution in [2.24, 2.45) is 0 Å². The number of benzene rings is 1. The molecule has 2 heterocycles. The van der Waals surface area contributed by atoms with Crippen molar-refractivity contribution in [2.75, 3.05) is 5.73 Å². The lowest BCUT2D eigenvalue weighted by Crippen LogP contribution is -2.02. The van der Waals surface area contributed by atoms with E-state index in [2.05, 4.69) is 28.8 Å². The lowest BCUT2D eigenvalue weighted by Gasteiger charge is -2.10. The number of hydrogen-bond donors (Lipinski definition) is 1. The van der Waals surface area contributed by atoms with Crippen LogP contribution >= 0.6 is 0 Å². The van der Waals surface area contributed by atoms with Crippen molar-refractivity contribution in [3.63, 3.8) is 0 Å². The van der Waals surface area contributed by atoms with Crippen LogP contribution in [0.25, 0.3) is 22.3 Å². The predicted octanol–water partition coefficient (Wildman–Crippen LogP) is 3.40. The summed E-state index contributed by atoms with van der Waals surface area (Å²) in [7, 11) is 0. The molecule has 3 aromatic rings. The number of para-hydroxylation sites is 1. The lowest BCUT2D eigenvalue weighted by atomic mass is 10.1. The van der Waals surface area contributed by atoms with Gasteiger partial charge in [0.25, 0.3) is 0 Å². The number of hydrogen-bond acceptors (Lipinski definition) is 4. The Morgan fingerprint density at radius 1 is 1.05 bits per heavy atom. The smallest absolute Gasteiger partial charge is 0.162 e. The van der Waals surface area contributed by atoms with E-state index >= 15 is 0 Å². The molecule has 0 saturated heterocycles. The minimum Gasteiger partial charge on any atom is -0.384 e. The average Bonchev–Trinajstić information content (AvgIpc) is 2.46. The Hall–Kier alpha value is -2.49. The summed E-state index contributed by atoms with van der Waals surface area (Å²) in [5.41, 5.74) is 8.76. The van der Waals surface area contributed by atoms with E-state index in [0.717, 1.165) is 22.2 Å². The summed E-state index contributed by atoms with van der Waals surface area (Å²) < 4.78 is 0. The van der Waals surface area contributed by atoms with Crippen molar-refractivity contribution in [3.8, 4) is 11.4 Å². The maximum atomic E-state index is 5.91. The largest absolute Gasteiger partial charge is 0.384 e. The molecule has 3 rings (SSSR count). The molecule has 0 unspecified atom stereocenters. The highest BCUT2D eigenvalue weighted by Crippen LogP contribution is 2.26. The van der Waals surface area contributed by atoms with Gasteiger partial charge in [0.15, 0.2) is 5.82 Å². The zero-order valence-electron chi connectivity index (χ0n) is 11.5. The Morgan fingerprint density at radius 3 is 2.65 bits per heavy atom. The third-order valence-electron chi connectivity index (χ3n) is 3.25. The van der Waals surface area contributed by atoms with Crippen molar-refractivity contribution >= 4 is 16.7 Å². The fourth-order valence-corrected chi connectivity index (χ4v) is 2.19. The molecule has 0 atom stereocenters. The maximum absolute atomic E-state index is 5.91. The monoisotopic (exact) mass is 264 g/mol. The second-order valence-electron chi connectivity index (χ2n) is 5.07. The summed E-state index contributed by atoms with van der Waals surface area (Å²) in [6.45, 7) is 4.19. The van der Waals surface area contributed by atoms with Crippen LogP contribution in [0.5, 0.6) is 0 Å². The normalized spacial score (nSPS) is 11.2. The van der Waals surface area contributed by atoms with Crippen LogP contribution in [0.2, 0.25) is 0 Å². The fourth-order valence-electron chi connectivity index (χ4n) is 2.19. The van der Waals surface area contributed by atoms with Crippen molar-refractivity contribution in [1.82, 2.24) is 15.0 Å². The highest BCUT2D eigenvalue weighted by molar-refractivity contribution is 5.92. The first kappa shape index (κ1) is 12.5. The molecule has 20 heavy (non-hydrogen) atoms. The van der Waals surface area contributed by atoms with Crippen LogP contribution in [0, 0.1) is 0 Å². The summed E-state index contributed by atoms with van der Waals surface area (Å²) in [6, 6.07) is 11.7. The zero-order valence-corrected chi connectivity index (χ0v) is 11.5. The molecular formula is C16H16N4. The summed E-state index contributed by atoms with van der Waals surface area (Å²) in [5, 5.41) is 1.04. The van der Waals surface area contributed by atoms with E-state index in [9.17, 15) is 0 Å². The van der Waals surface area contributed by atoms with Gasteiger partial charge in [-0.1, -0.05) is 32.0 Å². The first-order valence-electron chi connectivity index (χ1n) is 6.63. The number of anilines is 1. The number of nitrogens with two attached hydrogens (primary N) is 1. The zero-order chi connectivity index (χ0) is 14.1. The SMILES string of the molecule is CC(C)c1cc(N)nc(-c2ccnc3ccccc23)n1. The van der Waals surface area contributed by atoms with Gasteiger partial charge in [0.1, 0.15) is 5.82 Å². The molecule has 0 saturated carbocycles. The van der Waals surface area contributed by atoms with E-state index < -0.39 is 0 Å². The molecule has 0 spiro atoms. The van der Waals surface area contributed by atoms with Gasteiger partial charge in [0.05, 0.1) is 5.52 Å². The second kappa shape index (κ2) is 4.89. The number of fused-ring (bicyclic) bond motifs is 1. The summed E-state index contributed by atoms with van der Waals surface area (Å²) in [4.78, 5) is 13.4. The van der Waals surface area contributed by atoms with E-state index in [-0.39, 0.29) is 0 Å². The topological polar surface area (TPSA) is 64.7 Å². The van der Waals surface area contributed by atoms with Gasteiger partial charge in [-0.3, -0.25) is 4.98 Å². The molecule has 4 nitrogen and oxygen atoms in total. The van der Waals surface area contributed by atoms with E-state index in [1.165, 1.54) is 0 Å². The van der Waals surface area contributed by atoms with Crippen LogP contribution in [0.3, 0.4) is 0 Å². The van der Waals surface area contributed by atoms with Crippen molar-refractivity contribution < 1.29 is 0 Å². The molecular weight excluding hydrogens is 248 g/mol. The molecule has 0 radical (unpaired) electrons. The van der Waals surface area contributed by atoms with Crippen molar-refractivity contribution in [3.05, 3.63) is 48.3 Å². The van der Waals surface area contributed by atoms with Crippen LogP contribution in [0.1, 0.15) is 25.5 Å². The second-order valence-corrected chi connectivity index (χ2v) is 5.07. The van der Waals surface area contributed by atoms with Crippen molar-refractivity contribution in [2.45, 2.75) is 19.8 Å². The lowest BCUT2D eigenvalue weighted by molar-refractivity contribution is 0.818. The number of aromatic nitrogens is 3. The summed E-state index contributed by atoms with van der Waals surface area (Å²) in [5.74, 6) is 1.47. The molecule has 0 amide bonds. The molecule has 2 N–H and O–H groups in total. The standard InChI is InChI=1S/C16H16N4/c1-10(2)14-9-15(17)20-16(19-14)12-7-8-18-13-6-4-3-5-11(12)13/h3-10H,1-2H3,(H2,17,19,20). The van der Waals surface area contributed by atoms with E-state index in [4.69, 9.17) is 5.73 Å². The molecule has 0 fully saturated rings. The van der Waals surface area contributed by atoms with Gasteiger partial charge in [0, 0.05) is 28.9 Å². The van der Waals surface area contributed by atoms with Crippen LogP contribution in [-0.4, -0.2) is 15.0 Å². The highest BCUT2D eigenvalue weighted by Gasteiger charge is 2.11. The minimum absolute atomic E-state index is 0.312. The van der Waals surface area contributed by atoms with E-state index in [1.54, 1.807) is 6.20 Å². The van der Waals surface area contributed by atoms with Crippen LogP contribution in [0.15, 0.2) is 42.6 Å². The van der Waals surface area contributed by atoms with Crippen LogP contribution in [0.4, 0.5) is 5.82 Å². The number of nitrogen functional groups attached to an aromatic ring is 1. The minimum atomic E-state index is 0.312. The first-order valence-corrected chi connectivity index (χ1v) is 6.63. The highest BCUT2D eigenvalue weighted by atomic mass is 14.9. The van der Waals surface area contributed by atoms with E-state index in [1.807, 2.05) is 36.4 Å². The van der Waals surface area contributed by atoms with Crippen molar-refractivity contribution in [1.29, 1.82) is 0 Å². The van der Waals surface area contributed by atoms with Gasteiger partial charge in [0.2, 0.25) is 0 Å². The molecule has 2 aromatic heterocycles. The fraction of sp³-hybridized carbons (Fsp3) is 0.188. The Balaban J connectivity index is 2.25. The van der Waals surface area contributed by atoms with Crippen LogP contribution < -0.4 is 5.73 Å². The van der Waals surface area contributed by atoms with Crippen LogP contribution in [-0.2, 0) is 0 Å². The Bertz CT molecular complexity index is 760. The molecule has 4 heteroatoms. The first-order chi connectivity index (χ1) is 9.65. The third kappa shape index (κ3) is 2.20. The number of rotatable bonds is 2. The number of pyridine rings is 1.